The molecular weight excluding hydrogens is 508 g/mol. The second-order valence-electron chi connectivity index (χ2n) is 6.28. The van der Waals surface area contributed by atoms with E-state index in [0.717, 1.165) is 15.8 Å². The Morgan fingerprint density at radius 1 is 0.967 bits per heavy atom. The molecule has 0 saturated carbocycles. The summed E-state index contributed by atoms with van der Waals surface area (Å²) in [5, 5.41) is 3.08. The average molecular weight is 526 g/mol. The first-order valence-electron chi connectivity index (χ1n) is 8.83. The van der Waals surface area contributed by atoms with Crippen molar-refractivity contribution in [2.24, 2.45) is 0 Å². The van der Waals surface area contributed by atoms with Gasteiger partial charge in [0.05, 0.1) is 21.4 Å². The molecule has 1 amide bonds. The molecular formula is C21H18BrClN2O3S2. The highest BCUT2D eigenvalue weighted by Crippen LogP contribution is 2.24. The van der Waals surface area contributed by atoms with Gasteiger partial charge in [-0.25, -0.2) is 8.42 Å². The van der Waals surface area contributed by atoms with Crippen molar-refractivity contribution in [2.75, 3.05) is 15.8 Å². The van der Waals surface area contributed by atoms with Crippen molar-refractivity contribution in [3.05, 3.63) is 87.9 Å². The number of benzene rings is 3. The van der Waals surface area contributed by atoms with Crippen LogP contribution in [0.3, 0.4) is 0 Å². The number of carbonyl (C=O) groups is 1. The predicted molar refractivity (Wildman–Crippen MR) is 128 cm³/mol. The summed E-state index contributed by atoms with van der Waals surface area (Å²) in [5.74, 6) is 0.873. The summed E-state index contributed by atoms with van der Waals surface area (Å²) in [6.45, 7) is 0. The van der Waals surface area contributed by atoms with E-state index in [1.807, 2.05) is 24.3 Å². The van der Waals surface area contributed by atoms with Crippen molar-refractivity contribution in [2.45, 2.75) is 10.6 Å². The Morgan fingerprint density at radius 3 is 2.30 bits per heavy atom. The van der Waals surface area contributed by atoms with Crippen LogP contribution in [-0.2, 0) is 20.6 Å². The maximum absolute atomic E-state index is 12.5. The minimum Gasteiger partial charge on any atom is -0.325 e. The third kappa shape index (κ3) is 6.50. The summed E-state index contributed by atoms with van der Waals surface area (Å²) in [4.78, 5) is 12.2. The number of para-hydroxylation sites is 1. The summed E-state index contributed by atoms with van der Waals surface area (Å²) in [6, 6.07) is 20.5. The van der Waals surface area contributed by atoms with Gasteiger partial charge >= 0.3 is 0 Å². The van der Waals surface area contributed by atoms with Gasteiger partial charge in [0.1, 0.15) is 0 Å². The molecule has 0 aliphatic heterocycles. The topological polar surface area (TPSA) is 75.3 Å². The van der Waals surface area contributed by atoms with Crippen LogP contribution < -0.4 is 10.0 Å². The first-order valence-corrected chi connectivity index (χ1v) is 12.6. The third-order valence-corrected chi connectivity index (χ3v) is 7.23. The molecule has 2 N–H and O–H groups in total. The van der Waals surface area contributed by atoms with Crippen LogP contribution >= 0.6 is 39.3 Å². The van der Waals surface area contributed by atoms with Gasteiger partial charge < -0.3 is 5.32 Å². The van der Waals surface area contributed by atoms with E-state index in [9.17, 15) is 13.2 Å². The maximum Gasteiger partial charge on any atom is 0.261 e. The summed E-state index contributed by atoms with van der Waals surface area (Å²) in [7, 11) is -3.78. The van der Waals surface area contributed by atoms with Crippen LogP contribution in [0.5, 0.6) is 0 Å². The molecule has 3 rings (SSSR count). The van der Waals surface area contributed by atoms with Gasteiger partial charge in [-0.15, -0.1) is 11.8 Å². The number of hydrogen-bond acceptors (Lipinski definition) is 4. The zero-order valence-electron chi connectivity index (χ0n) is 15.6. The Morgan fingerprint density at radius 2 is 1.63 bits per heavy atom. The number of nitrogens with one attached hydrogen (secondary N) is 2. The number of halogens is 2. The van der Waals surface area contributed by atoms with E-state index >= 15 is 0 Å². The zero-order chi connectivity index (χ0) is 21.6. The van der Waals surface area contributed by atoms with Gasteiger partial charge in [-0.05, 0) is 54.1 Å². The molecule has 0 saturated heterocycles. The van der Waals surface area contributed by atoms with Crippen LogP contribution in [0.15, 0.2) is 82.2 Å². The lowest BCUT2D eigenvalue weighted by Gasteiger charge is -2.10. The smallest absolute Gasteiger partial charge is 0.261 e. The average Bonchev–Trinajstić information content (AvgIpc) is 2.71. The van der Waals surface area contributed by atoms with Crippen molar-refractivity contribution < 1.29 is 13.2 Å². The first-order chi connectivity index (χ1) is 14.3. The van der Waals surface area contributed by atoms with Gasteiger partial charge in [-0.2, -0.15) is 0 Å². The van der Waals surface area contributed by atoms with Gasteiger partial charge in [0.15, 0.2) is 0 Å². The third-order valence-electron chi connectivity index (χ3n) is 3.98. The Kier molecular flexibility index (Phi) is 7.82. The van der Waals surface area contributed by atoms with E-state index in [-0.39, 0.29) is 10.8 Å². The van der Waals surface area contributed by atoms with Gasteiger partial charge in [0, 0.05) is 15.9 Å². The number of rotatable bonds is 8. The van der Waals surface area contributed by atoms with E-state index in [4.69, 9.17) is 11.6 Å². The van der Waals surface area contributed by atoms with Gasteiger partial charge in [0.25, 0.3) is 10.0 Å². The van der Waals surface area contributed by atoms with Gasteiger partial charge in [0.2, 0.25) is 5.91 Å². The second-order valence-corrected chi connectivity index (χ2v) is 10.3. The minimum atomic E-state index is -3.78. The molecule has 156 valence electrons. The predicted octanol–water partition coefficient (Wildman–Crippen LogP) is 5.78. The van der Waals surface area contributed by atoms with Crippen molar-refractivity contribution >= 4 is 66.6 Å². The molecule has 9 heteroatoms. The Bertz CT molecular complexity index is 1120. The molecule has 0 unspecified atom stereocenters. The molecule has 0 spiro atoms. The lowest BCUT2D eigenvalue weighted by atomic mass is 10.2. The summed E-state index contributed by atoms with van der Waals surface area (Å²) in [6.07, 6.45) is 0. The number of anilines is 2. The van der Waals surface area contributed by atoms with Crippen LogP contribution in [-0.4, -0.2) is 20.1 Å². The first kappa shape index (κ1) is 22.7. The van der Waals surface area contributed by atoms with E-state index in [2.05, 4.69) is 26.0 Å². The maximum atomic E-state index is 12.5. The molecule has 0 aliphatic carbocycles. The minimum absolute atomic E-state index is 0.0741. The number of amides is 1. The molecule has 30 heavy (non-hydrogen) atoms. The van der Waals surface area contributed by atoms with E-state index in [1.165, 1.54) is 23.9 Å². The van der Waals surface area contributed by atoms with Crippen LogP contribution in [0.1, 0.15) is 5.56 Å². The molecule has 0 aliphatic rings. The van der Waals surface area contributed by atoms with E-state index in [1.54, 1.807) is 36.4 Å². The standard InChI is InChI=1S/C21H18BrClN2O3S2/c22-16-7-5-15(6-8-16)13-29-14-21(26)24-17-9-11-18(12-10-17)30(27,28)25-20-4-2-1-3-19(20)23/h1-12,25H,13-14H2,(H,24,26). The SMILES string of the molecule is O=C(CSCc1ccc(Br)cc1)Nc1ccc(S(=O)(=O)Nc2ccccc2Cl)cc1. The zero-order valence-corrected chi connectivity index (χ0v) is 19.6. The van der Waals surface area contributed by atoms with E-state index in [0.29, 0.717) is 22.2 Å². The molecule has 0 aromatic heterocycles. The van der Waals surface area contributed by atoms with Gasteiger partial charge in [-0.1, -0.05) is 51.8 Å². The molecule has 0 fully saturated rings. The van der Waals surface area contributed by atoms with Gasteiger partial charge in [-0.3, -0.25) is 9.52 Å². The Labute approximate surface area is 193 Å². The van der Waals surface area contributed by atoms with Crippen LogP contribution in [0.25, 0.3) is 0 Å². The fourth-order valence-corrected chi connectivity index (χ4v) is 4.88. The van der Waals surface area contributed by atoms with Crippen molar-refractivity contribution in [3.8, 4) is 0 Å². The summed E-state index contributed by atoms with van der Waals surface area (Å²) in [5.41, 5.74) is 1.97. The lowest BCUT2D eigenvalue weighted by molar-refractivity contribution is -0.113. The van der Waals surface area contributed by atoms with E-state index < -0.39 is 10.0 Å². The number of sulfonamides is 1. The van der Waals surface area contributed by atoms with Crippen LogP contribution in [0.4, 0.5) is 11.4 Å². The monoisotopic (exact) mass is 524 g/mol. The van der Waals surface area contributed by atoms with Crippen LogP contribution in [0.2, 0.25) is 5.02 Å². The molecule has 5 nitrogen and oxygen atoms in total. The molecule has 0 atom stereocenters. The fourth-order valence-electron chi connectivity index (χ4n) is 2.50. The lowest BCUT2D eigenvalue weighted by Crippen LogP contribution is -2.15. The fraction of sp³-hybridized carbons (Fsp3) is 0.0952. The molecule has 0 radical (unpaired) electrons. The number of thioether (sulfide) groups is 1. The number of carbonyl (C=O) groups excluding carboxylic acids is 1. The normalized spacial score (nSPS) is 11.1. The van der Waals surface area contributed by atoms with Crippen molar-refractivity contribution in [1.29, 1.82) is 0 Å². The molecule has 0 heterocycles. The molecule has 0 bridgehead atoms. The van der Waals surface area contributed by atoms with Crippen molar-refractivity contribution in [1.82, 2.24) is 0 Å². The summed E-state index contributed by atoms with van der Waals surface area (Å²) < 4.78 is 28.5. The Hall–Kier alpha value is -2.00. The highest BCUT2D eigenvalue weighted by Gasteiger charge is 2.15. The quantitative estimate of drug-likeness (QED) is 0.391. The summed E-state index contributed by atoms with van der Waals surface area (Å²) >= 11 is 10.9. The molecule has 3 aromatic rings. The highest BCUT2D eigenvalue weighted by atomic mass is 79.9. The van der Waals surface area contributed by atoms with Crippen molar-refractivity contribution in [3.63, 3.8) is 0 Å². The largest absolute Gasteiger partial charge is 0.325 e. The number of hydrogen-bond donors (Lipinski definition) is 2. The van der Waals surface area contributed by atoms with Crippen LogP contribution in [0, 0.1) is 0 Å². The second kappa shape index (κ2) is 10.3. The molecule has 3 aromatic carbocycles. The Balaban J connectivity index is 1.54. The highest BCUT2D eigenvalue weighted by molar-refractivity contribution is 9.10.